The van der Waals surface area contributed by atoms with Gasteiger partial charge in [0.2, 0.25) is 5.91 Å². The van der Waals surface area contributed by atoms with E-state index in [0.29, 0.717) is 16.9 Å². The van der Waals surface area contributed by atoms with E-state index in [4.69, 9.17) is 0 Å². The molecule has 108 valence electrons. The Hall–Kier alpha value is -2.61. The van der Waals surface area contributed by atoms with Gasteiger partial charge in [-0.1, -0.05) is 23.5 Å². The van der Waals surface area contributed by atoms with Gasteiger partial charge in [0, 0.05) is 6.92 Å². The summed E-state index contributed by atoms with van der Waals surface area (Å²) < 4.78 is 0. The van der Waals surface area contributed by atoms with Crippen molar-refractivity contribution in [3.05, 3.63) is 40.4 Å². The molecule has 0 aliphatic carbocycles. The predicted molar refractivity (Wildman–Crippen MR) is 81.0 cm³/mol. The first kappa shape index (κ1) is 14.8. The molecule has 0 aliphatic heterocycles. The third kappa shape index (κ3) is 3.48. The number of benzene rings is 1. The smallest absolute Gasteiger partial charge is 0.259 e. The SMILES string of the molecule is CC(=O)Nc1ccccc1C(=O)Nc1nc(C)c(N=O)s1. The number of aryl methyl sites for hydroxylation is 1. The van der Waals surface area contributed by atoms with E-state index >= 15 is 0 Å². The van der Waals surface area contributed by atoms with Gasteiger partial charge in [-0.3, -0.25) is 14.9 Å². The highest BCUT2D eigenvalue weighted by Crippen LogP contribution is 2.30. The van der Waals surface area contributed by atoms with Crippen LogP contribution in [-0.4, -0.2) is 16.8 Å². The molecule has 2 aromatic rings. The molecule has 1 aromatic heterocycles. The maximum atomic E-state index is 12.2. The molecule has 0 bridgehead atoms. The summed E-state index contributed by atoms with van der Waals surface area (Å²) in [5, 5.41) is 8.50. The Morgan fingerprint density at radius 1 is 1.24 bits per heavy atom. The first-order valence-corrected chi connectivity index (χ1v) is 6.81. The van der Waals surface area contributed by atoms with Gasteiger partial charge in [-0.15, -0.1) is 4.91 Å². The number of nitroso groups, excluding NO2 is 1. The summed E-state index contributed by atoms with van der Waals surface area (Å²) in [6, 6.07) is 6.61. The second-order valence-electron chi connectivity index (χ2n) is 4.18. The Morgan fingerprint density at radius 3 is 2.57 bits per heavy atom. The fraction of sp³-hybridized carbons (Fsp3) is 0.154. The number of amides is 2. The topological polar surface area (TPSA) is 101 Å². The summed E-state index contributed by atoms with van der Waals surface area (Å²) in [5.41, 5.74) is 1.17. The summed E-state index contributed by atoms with van der Waals surface area (Å²) in [7, 11) is 0. The van der Waals surface area contributed by atoms with E-state index in [1.807, 2.05) is 0 Å². The lowest BCUT2D eigenvalue weighted by Gasteiger charge is -2.08. The first-order valence-electron chi connectivity index (χ1n) is 6.00. The number of carbonyl (C=O) groups is 2. The van der Waals surface area contributed by atoms with Gasteiger partial charge in [-0.05, 0) is 24.2 Å². The van der Waals surface area contributed by atoms with Crippen LogP contribution in [0.3, 0.4) is 0 Å². The van der Waals surface area contributed by atoms with Crippen LogP contribution >= 0.6 is 11.3 Å². The van der Waals surface area contributed by atoms with Crippen molar-refractivity contribution in [1.29, 1.82) is 0 Å². The number of aromatic nitrogens is 1. The lowest BCUT2D eigenvalue weighted by Crippen LogP contribution is -2.16. The monoisotopic (exact) mass is 304 g/mol. The molecule has 0 saturated carbocycles. The standard InChI is InChI=1S/C13H12N4O3S/c1-7-12(17-20)21-13(14-7)16-11(19)9-5-3-4-6-10(9)15-8(2)18/h3-6H,1-2H3,(H,15,18)(H,14,16,19). The van der Waals surface area contributed by atoms with Crippen molar-refractivity contribution in [3.8, 4) is 0 Å². The van der Waals surface area contributed by atoms with Gasteiger partial charge in [-0.2, -0.15) is 0 Å². The third-order valence-corrected chi connectivity index (χ3v) is 3.51. The molecule has 1 aromatic carbocycles. The van der Waals surface area contributed by atoms with E-state index in [2.05, 4.69) is 20.8 Å². The van der Waals surface area contributed by atoms with Crippen LogP contribution in [0.5, 0.6) is 0 Å². The van der Waals surface area contributed by atoms with Crippen LogP contribution in [0.25, 0.3) is 0 Å². The van der Waals surface area contributed by atoms with Crippen LogP contribution in [-0.2, 0) is 4.79 Å². The molecule has 8 heteroatoms. The summed E-state index contributed by atoms with van der Waals surface area (Å²) >= 11 is 0.993. The molecule has 0 fully saturated rings. The van der Waals surface area contributed by atoms with Crippen molar-refractivity contribution >= 4 is 39.0 Å². The molecule has 7 nitrogen and oxygen atoms in total. The van der Waals surface area contributed by atoms with E-state index in [1.54, 1.807) is 31.2 Å². The number of nitrogens with zero attached hydrogens (tertiary/aromatic N) is 2. The zero-order chi connectivity index (χ0) is 15.4. The average molecular weight is 304 g/mol. The minimum atomic E-state index is -0.425. The fourth-order valence-electron chi connectivity index (χ4n) is 1.67. The molecular formula is C13H12N4O3S. The van der Waals surface area contributed by atoms with Crippen LogP contribution in [0.15, 0.2) is 29.4 Å². The fourth-order valence-corrected chi connectivity index (χ4v) is 2.41. The van der Waals surface area contributed by atoms with Crippen LogP contribution < -0.4 is 10.6 Å². The average Bonchev–Trinajstić information content (AvgIpc) is 2.78. The van der Waals surface area contributed by atoms with Crippen LogP contribution in [0.1, 0.15) is 23.0 Å². The van der Waals surface area contributed by atoms with Crippen LogP contribution in [0.2, 0.25) is 0 Å². The second-order valence-corrected chi connectivity index (χ2v) is 5.16. The van der Waals surface area contributed by atoms with E-state index in [1.165, 1.54) is 6.92 Å². The molecule has 2 rings (SSSR count). The van der Waals surface area contributed by atoms with Crippen molar-refractivity contribution in [2.45, 2.75) is 13.8 Å². The molecule has 0 atom stereocenters. The molecule has 0 unspecified atom stereocenters. The predicted octanol–water partition coefficient (Wildman–Crippen LogP) is 3.06. The highest BCUT2D eigenvalue weighted by atomic mass is 32.1. The number of nitrogens with one attached hydrogen (secondary N) is 2. The summed E-state index contributed by atoms with van der Waals surface area (Å²) in [4.78, 5) is 37.9. The van der Waals surface area contributed by atoms with Crippen LogP contribution in [0.4, 0.5) is 15.8 Å². The molecular weight excluding hydrogens is 292 g/mol. The number of hydrogen-bond donors (Lipinski definition) is 2. The maximum absolute atomic E-state index is 12.2. The van der Waals surface area contributed by atoms with Crippen molar-refractivity contribution < 1.29 is 9.59 Å². The molecule has 2 N–H and O–H groups in total. The van der Waals surface area contributed by atoms with Gasteiger partial charge in [0.05, 0.1) is 16.9 Å². The molecule has 0 spiro atoms. The van der Waals surface area contributed by atoms with Gasteiger partial charge >= 0.3 is 0 Å². The summed E-state index contributed by atoms with van der Waals surface area (Å²) in [6.45, 7) is 3.00. The molecule has 0 radical (unpaired) electrons. The molecule has 1 heterocycles. The Kier molecular flexibility index (Phi) is 4.39. The minimum Gasteiger partial charge on any atom is -0.326 e. The van der Waals surface area contributed by atoms with Gasteiger partial charge in [0.1, 0.15) is 0 Å². The van der Waals surface area contributed by atoms with E-state index < -0.39 is 5.91 Å². The quantitative estimate of drug-likeness (QED) is 0.848. The van der Waals surface area contributed by atoms with Gasteiger partial charge in [0.15, 0.2) is 10.1 Å². The zero-order valence-electron chi connectivity index (χ0n) is 11.3. The number of hydrogen-bond acceptors (Lipinski definition) is 6. The van der Waals surface area contributed by atoms with E-state index in [0.717, 1.165) is 11.3 Å². The van der Waals surface area contributed by atoms with E-state index in [-0.39, 0.29) is 16.0 Å². The summed E-state index contributed by atoms with van der Waals surface area (Å²) in [6.07, 6.45) is 0. The van der Waals surface area contributed by atoms with Crippen molar-refractivity contribution in [2.24, 2.45) is 5.18 Å². The lowest BCUT2D eigenvalue weighted by atomic mass is 10.1. The highest BCUT2D eigenvalue weighted by molar-refractivity contribution is 7.19. The van der Waals surface area contributed by atoms with Gasteiger partial charge < -0.3 is 5.32 Å². The molecule has 21 heavy (non-hydrogen) atoms. The van der Waals surface area contributed by atoms with Crippen molar-refractivity contribution in [1.82, 2.24) is 4.98 Å². The van der Waals surface area contributed by atoms with Crippen LogP contribution in [0, 0.1) is 11.8 Å². The van der Waals surface area contributed by atoms with Gasteiger partial charge in [0.25, 0.3) is 5.91 Å². The number of anilines is 2. The number of thiazole rings is 1. The lowest BCUT2D eigenvalue weighted by molar-refractivity contribution is -0.114. The normalized spacial score (nSPS) is 10.0. The highest BCUT2D eigenvalue weighted by Gasteiger charge is 2.15. The Labute approximate surface area is 124 Å². The molecule has 0 aliphatic rings. The summed E-state index contributed by atoms with van der Waals surface area (Å²) in [5.74, 6) is -0.696. The Bertz CT molecular complexity index is 711. The minimum absolute atomic E-state index is 0.223. The number of para-hydroxylation sites is 1. The van der Waals surface area contributed by atoms with Crippen molar-refractivity contribution in [3.63, 3.8) is 0 Å². The molecule has 2 amide bonds. The zero-order valence-corrected chi connectivity index (χ0v) is 12.2. The Morgan fingerprint density at radius 2 is 1.95 bits per heavy atom. The second kappa shape index (κ2) is 6.23. The van der Waals surface area contributed by atoms with Crippen molar-refractivity contribution in [2.75, 3.05) is 10.6 Å². The number of carbonyl (C=O) groups excluding carboxylic acids is 2. The Balaban J connectivity index is 2.23. The first-order chi connectivity index (χ1) is 10.0. The maximum Gasteiger partial charge on any atom is 0.259 e. The molecule has 0 saturated heterocycles. The van der Waals surface area contributed by atoms with E-state index in [9.17, 15) is 14.5 Å². The van der Waals surface area contributed by atoms with Gasteiger partial charge in [-0.25, -0.2) is 4.98 Å². The number of rotatable bonds is 4. The largest absolute Gasteiger partial charge is 0.326 e. The third-order valence-electron chi connectivity index (χ3n) is 2.56.